The lowest BCUT2D eigenvalue weighted by molar-refractivity contribution is -0.461. The number of rotatable bonds is 39. The first kappa shape index (κ1) is 81.1. The van der Waals surface area contributed by atoms with Gasteiger partial charge >= 0.3 is 101 Å². The second kappa shape index (κ2) is 28.3. The molecule has 0 aliphatic heterocycles. The highest BCUT2D eigenvalue weighted by Gasteiger charge is 2.97. The highest BCUT2D eigenvalue weighted by Crippen LogP contribution is 2.66. The van der Waals surface area contributed by atoms with Crippen molar-refractivity contribution in [2.24, 2.45) is 0 Å². The predicted octanol–water partition coefficient (Wildman–Crippen LogP) is 15.7. The molecule has 0 fully saturated rings. The Morgan fingerprint density at radius 3 is 0.835 bits per heavy atom. The number of ether oxygens (including phenoxy) is 1. The molecule has 0 spiro atoms. The van der Waals surface area contributed by atoms with Crippen LogP contribution in [-0.4, -0.2) is 152 Å². The minimum Gasteiger partial charge on any atom is -0.433 e. The van der Waals surface area contributed by atoms with E-state index in [1.807, 2.05) is 0 Å². The van der Waals surface area contributed by atoms with Crippen LogP contribution in [0.1, 0.15) is 116 Å². The predicted molar refractivity (Wildman–Crippen MR) is 218 cm³/mol. The quantitative estimate of drug-likeness (QED) is 0.0159. The normalized spacial score (nSPS) is 16.8. The fourth-order valence-corrected chi connectivity index (χ4v) is 6.93. The number of unbranched alkanes of at least 4 members (excludes halogenated alkanes) is 14. The number of aliphatic hydroxyl groups excluding tert-OH is 4. The highest BCUT2D eigenvalue weighted by atomic mass is 19.4. The summed E-state index contributed by atoms with van der Waals surface area (Å²) in [5.41, 5.74) is 0. The second-order valence-corrected chi connectivity index (χ2v) is 18.8. The third-order valence-corrected chi connectivity index (χ3v) is 12.4. The zero-order valence-electron chi connectivity index (χ0n) is 42.2. The fraction of sp³-hybridized carbons (Fsp3) is 0.864. The van der Waals surface area contributed by atoms with Crippen molar-refractivity contribution >= 4 is 11.8 Å². The summed E-state index contributed by atoms with van der Waals surface area (Å²) >= 11 is 0. The molecule has 4 N–H and O–H groups in total. The molecule has 0 aliphatic rings. The number of allylic oxidation sites excluding steroid dienone is 2. The molecule has 0 aromatic rings. The summed E-state index contributed by atoms with van der Waals surface area (Å²) < 4.78 is 461. The van der Waals surface area contributed by atoms with Crippen LogP contribution in [0.3, 0.4) is 0 Å². The first-order valence-electron chi connectivity index (χ1n) is 23.9. The van der Waals surface area contributed by atoms with Crippen molar-refractivity contribution < 1.29 is 184 Å². The first-order valence-corrected chi connectivity index (χ1v) is 23.9. The maximum Gasteiger partial charge on any atom is 0.460 e. The van der Waals surface area contributed by atoms with E-state index in [-0.39, 0.29) is 77.0 Å². The number of ketones is 1. The average molecular weight is 1330 g/mol. The largest absolute Gasteiger partial charge is 0.460 e. The van der Waals surface area contributed by atoms with Gasteiger partial charge in [0.05, 0.1) is 6.26 Å². The zero-order chi connectivity index (χ0) is 67.7. The summed E-state index contributed by atoms with van der Waals surface area (Å²) in [6, 6.07) is 0. The van der Waals surface area contributed by atoms with Crippen molar-refractivity contribution in [2.45, 2.75) is 235 Å². The van der Waals surface area contributed by atoms with Gasteiger partial charge in [-0.3, -0.25) is 4.79 Å². The Labute approximate surface area is 455 Å². The van der Waals surface area contributed by atoms with Gasteiger partial charge in [0, 0.05) is 12.8 Å². The third-order valence-electron chi connectivity index (χ3n) is 12.4. The molecule has 0 heterocycles. The molecule has 0 aromatic carbocycles. The van der Waals surface area contributed by atoms with Crippen LogP contribution in [0, 0.1) is 0 Å². The molecule has 7 nitrogen and oxygen atoms in total. The van der Waals surface area contributed by atoms with E-state index in [1.165, 1.54) is 0 Å². The molecule has 0 aliphatic carbocycles. The molecule has 0 saturated carbocycles. The van der Waals surface area contributed by atoms with Gasteiger partial charge in [0.25, 0.3) is 0 Å². The maximum absolute atomic E-state index is 14.1. The molecule has 4 atom stereocenters. The Hall–Kier alpha value is -3.92. The minimum absolute atomic E-state index is 0.00493. The Bertz CT molecular complexity index is 2170. The molecule has 0 rings (SSSR count). The van der Waals surface area contributed by atoms with E-state index in [9.17, 15) is 179 Å². The van der Waals surface area contributed by atoms with Gasteiger partial charge in [-0.2, -0.15) is 149 Å². The number of carbonyl (C=O) groups excluding carboxylic acids is 2. The maximum atomic E-state index is 14.1. The Morgan fingerprint density at radius 1 is 0.306 bits per heavy atom. The lowest BCUT2D eigenvalue weighted by Crippen LogP contribution is -2.74. The Kier molecular flexibility index (Phi) is 27.0. The average Bonchev–Trinajstić information content (AvgIpc) is 0.956. The van der Waals surface area contributed by atoms with E-state index in [4.69, 9.17) is 0 Å². The summed E-state index contributed by atoms with van der Waals surface area (Å²) in [6.45, 7) is 0. The van der Waals surface area contributed by atoms with Gasteiger partial charge in [-0.15, -0.1) is 0 Å². The van der Waals surface area contributed by atoms with E-state index in [0.29, 0.717) is 12.3 Å². The van der Waals surface area contributed by atoms with Gasteiger partial charge in [0.1, 0.15) is 18.3 Å². The van der Waals surface area contributed by atoms with Gasteiger partial charge in [0.15, 0.2) is 11.9 Å². The van der Waals surface area contributed by atoms with E-state index in [2.05, 4.69) is 4.74 Å². The smallest absolute Gasteiger partial charge is 0.433 e. The van der Waals surface area contributed by atoms with Crippen LogP contribution in [0.25, 0.3) is 0 Å². The fourth-order valence-electron chi connectivity index (χ4n) is 6.93. The van der Waals surface area contributed by atoms with E-state index in [1.54, 1.807) is 0 Å². The number of esters is 1. The second-order valence-electron chi connectivity index (χ2n) is 18.8. The molecule has 504 valence electrons. The minimum atomic E-state index is -8.73. The van der Waals surface area contributed by atoms with Gasteiger partial charge < -0.3 is 25.2 Å². The van der Waals surface area contributed by atoms with Gasteiger partial charge in [-0.05, 0) is 50.7 Å². The molecular weight excluding hydrogens is 1290 g/mol. The molecule has 0 amide bonds. The molecule has 0 bridgehead atoms. The van der Waals surface area contributed by atoms with Crippen LogP contribution in [0.15, 0.2) is 24.5 Å². The number of aliphatic hydroxyl groups is 4. The summed E-state index contributed by atoms with van der Waals surface area (Å²) in [6.07, 6.45) is -30.9. The van der Waals surface area contributed by atoms with Crippen LogP contribution >= 0.6 is 0 Å². The number of hydrogen-bond acceptors (Lipinski definition) is 7. The molecule has 41 heteroatoms. The standard InChI is InChI=1S/C44H48F34O7/c45-29(46,31(49,50)33(53,54)35(57,58)37(61,62)39(65,66)41(69,70)43(73,74)75)20-16-12-8-4-1-3-7-11-15-19-23(79)24(80)25(81)26(82)27(83)28(84)85-22-18-14-10-6-2-5-9-13-17-21-30(47,48)32(51,52)34(55,56)36(59,60)38(63,64)40(67,68)42(71,72)44(76,77)78/h15,18-19,22,24-27,80-83H,1-14,16-17,20-21H2/t24-,25+,26+,27-/m0/s1. The van der Waals surface area contributed by atoms with Crippen molar-refractivity contribution in [3.05, 3.63) is 24.5 Å². The number of hydrogen-bond donors (Lipinski definition) is 4. The summed E-state index contributed by atoms with van der Waals surface area (Å²) in [7, 11) is 0. The highest BCUT2D eigenvalue weighted by molar-refractivity contribution is 5.94. The van der Waals surface area contributed by atoms with Gasteiger partial charge in [0.2, 0.25) is 0 Å². The van der Waals surface area contributed by atoms with Gasteiger partial charge in [-0.1, -0.05) is 70.3 Å². The number of halogens is 34. The van der Waals surface area contributed by atoms with E-state index < -0.39 is 170 Å². The lowest BCUT2D eigenvalue weighted by Gasteiger charge is -2.42. The molecule has 0 saturated heterocycles. The topological polar surface area (TPSA) is 124 Å². The monoisotopic (exact) mass is 1330 g/mol. The first-order chi connectivity index (χ1) is 37.7. The van der Waals surface area contributed by atoms with Gasteiger partial charge in [-0.25, -0.2) is 4.79 Å². The van der Waals surface area contributed by atoms with E-state index >= 15 is 0 Å². The number of carbonyl (C=O) groups is 2. The molecule has 0 unspecified atom stereocenters. The van der Waals surface area contributed by atoms with Crippen LogP contribution in [0.5, 0.6) is 0 Å². The Morgan fingerprint density at radius 2 is 0.541 bits per heavy atom. The van der Waals surface area contributed by atoms with Crippen molar-refractivity contribution in [3.63, 3.8) is 0 Å². The van der Waals surface area contributed by atoms with Crippen molar-refractivity contribution in [2.75, 3.05) is 0 Å². The van der Waals surface area contributed by atoms with Crippen LogP contribution in [0.2, 0.25) is 0 Å². The summed E-state index contributed by atoms with van der Waals surface area (Å²) in [5.74, 6) is -117. The van der Waals surface area contributed by atoms with Crippen LogP contribution in [0.4, 0.5) is 149 Å². The van der Waals surface area contributed by atoms with Crippen molar-refractivity contribution in [3.8, 4) is 0 Å². The van der Waals surface area contributed by atoms with Crippen molar-refractivity contribution in [1.82, 2.24) is 0 Å². The SMILES string of the molecule is O=C(OC=CCCCCCCCCCC(F)(F)C(F)(F)C(F)(F)C(F)(F)C(F)(F)C(F)(F)C(F)(F)C(F)(F)F)[C@@H](O)[C@H](O)[C@H](O)[C@@H](O)C(=O)C=CCCCCCCCCCC(F)(F)C(F)(F)C(F)(F)C(F)(F)C(F)(F)C(F)(F)C(F)(F)C(F)(F)F. The Balaban J connectivity index is 4.85. The molecule has 85 heavy (non-hydrogen) atoms. The summed E-state index contributed by atoms with van der Waals surface area (Å²) in [5, 5.41) is 40.1. The van der Waals surface area contributed by atoms with E-state index in [0.717, 1.165) is 12.2 Å². The molecular formula is C44H48F34O7. The third kappa shape index (κ3) is 16.3. The van der Waals surface area contributed by atoms with Crippen LogP contribution < -0.4 is 0 Å². The molecule has 0 aromatic heterocycles. The van der Waals surface area contributed by atoms with Crippen LogP contribution in [-0.2, 0) is 14.3 Å². The number of alkyl halides is 34. The zero-order valence-corrected chi connectivity index (χ0v) is 42.2. The summed E-state index contributed by atoms with van der Waals surface area (Å²) in [4.78, 5) is 24.3. The lowest BCUT2D eigenvalue weighted by atomic mass is 9.87. The molecule has 0 radical (unpaired) electrons. The van der Waals surface area contributed by atoms with Crippen molar-refractivity contribution in [1.29, 1.82) is 0 Å².